The molecule has 10 heteroatoms. The predicted octanol–water partition coefficient (Wildman–Crippen LogP) is 3.80. The van der Waals surface area contributed by atoms with E-state index in [4.69, 9.17) is 0 Å². The van der Waals surface area contributed by atoms with Gasteiger partial charge in [-0.1, -0.05) is 12.8 Å². The lowest BCUT2D eigenvalue weighted by Gasteiger charge is -2.18. The van der Waals surface area contributed by atoms with Gasteiger partial charge < -0.3 is 10.1 Å². The largest absolute Gasteiger partial charge is 0.467 e. The molecule has 0 aliphatic heterocycles. The van der Waals surface area contributed by atoms with Gasteiger partial charge in [-0.15, -0.1) is 0 Å². The van der Waals surface area contributed by atoms with Crippen LogP contribution in [0.1, 0.15) is 40.7 Å². The molecule has 0 aromatic heterocycles. The van der Waals surface area contributed by atoms with Gasteiger partial charge in [-0.2, -0.15) is 26.3 Å². The summed E-state index contributed by atoms with van der Waals surface area (Å²) in [5.41, 5.74) is -4.04. The molecular weight excluding hydrogens is 368 g/mol. The highest BCUT2D eigenvalue weighted by molar-refractivity contribution is 5.97. The van der Waals surface area contributed by atoms with Crippen LogP contribution in [0.25, 0.3) is 0 Å². The molecular formula is C16H15F6NO3. The Kier molecular flexibility index (Phi) is 5.52. The molecule has 1 atom stereocenters. The van der Waals surface area contributed by atoms with Crippen LogP contribution < -0.4 is 5.32 Å². The predicted molar refractivity (Wildman–Crippen MR) is 77.1 cm³/mol. The minimum absolute atomic E-state index is 0.0707. The maximum Gasteiger partial charge on any atom is 0.416 e. The number of benzene rings is 1. The number of alkyl halides is 6. The van der Waals surface area contributed by atoms with Gasteiger partial charge in [0.2, 0.25) is 0 Å². The lowest BCUT2D eigenvalue weighted by molar-refractivity contribution is -0.144. The van der Waals surface area contributed by atoms with Crippen LogP contribution in [0.4, 0.5) is 26.3 Å². The van der Waals surface area contributed by atoms with Gasteiger partial charge in [-0.05, 0) is 30.5 Å². The zero-order chi connectivity index (χ0) is 19.7. The van der Waals surface area contributed by atoms with Gasteiger partial charge in [0.15, 0.2) is 0 Å². The summed E-state index contributed by atoms with van der Waals surface area (Å²) in [4.78, 5) is 23.9. The molecule has 1 aromatic rings. The van der Waals surface area contributed by atoms with Crippen molar-refractivity contribution in [3.8, 4) is 0 Å². The van der Waals surface area contributed by atoms with Crippen LogP contribution in [0.15, 0.2) is 18.2 Å². The maximum atomic E-state index is 12.9. The van der Waals surface area contributed by atoms with Crippen LogP contribution in [-0.2, 0) is 21.9 Å². The zero-order valence-corrected chi connectivity index (χ0v) is 13.5. The Hall–Kier alpha value is -2.26. The number of rotatable bonds is 5. The third-order valence-corrected chi connectivity index (χ3v) is 3.91. The third kappa shape index (κ3) is 5.12. The van der Waals surface area contributed by atoms with Crippen molar-refractivity contribution in [2.75, 3.05) is 7.11 Å². The molecule has 1 aliphatic carbocycles. The van der Waals surface area contributed by atoms with Gasteiger partial charge >= 0.3 is 18.3 Å². The average Bonchev–Trinajstić information content (AvgIpc) is 3.35. The van der Waals surface area contributed by atoms with Crippen molar-refractivity contribution in [3.63, 3.8) is 0 Å². The van der Waals surface area contributed by atoms with Gasteiger partial charge in [-0.25, -0.2) is 4.79 Å². The van der Waals surface area contributed by atoms with E-state index in [-0.39, 0.29) is 18.4 Å². The summed E-state index contributed by atoms with van der Waals surface area (Å²) in [5, 5.41) is 2.16. The second kappa shape index (κ2) is 7.16. The molecule has 0 unspecified atom stereocenters. The first-order valence-corrected chi connectivity index (χ1v) is 7.60. The standard InChI is InChI=1S/C16H15F6NO3/c1-26-14(25)12(4-8-2-3-8)23-13(24)9-5-10(15(17,18)19)7-11(6-9)16(20,21)22/h5-8,12H,2-4H2,1H3,(H,23,24)/t12-/m1/s1. The average molecular weight is 383 g/mol. The van der Waals surface area contributed by atoms with E-state index in [1.54, 1.807) is 0 Å². The minimum atomic E-state index is -5.06. The molecule has 1 N–H and O–H groups in total. The second-order valence-corrected chi connectivity index (χ2v) is 6.02. The van der Waals surface area contributed by atoms with Crippen molar-refractivity contribution in [2.24, 2.45) is 5.92 Å². The highest BCUT2D eigenvalue weighted by Gasteiger charge is 2.38. The van der Waals surface area contributed by atoms with E-state index >= 15 is 0 Å². The number of amides is 1. The quantitative estimate of drug-likeness (QED) is 0.622. The van der Waals surface area contributed by atoms with Crippen molar-refractivity contribution in [1.82, 2.24) is 5.32 Å². The van der Waals surface area contributed by atoms with Crippen molar-refractivity contribution >= 4 is 11.9 Å². The number of methoxy groups -OCH3 is 1. The molecule has 0 spiro atoms. The molecule has 0 saturated heterocycles. The van der Waals surface area contributed by atoms with Crippen LogP contribution in [0.5, 0.6) is 0 Å². The van der Waals surface area contributed by atoms with Crippen molar-refractivity contribution in [1.29, 1.82) is 0 Å². The summed E-state index contributed by atoms with van der Waals surface area (Å²) in [7, 11) is 1.07. The van der Waals surface area contributed by atoms with E-state index in [1.807, 2.05) is 0 Å². The first-order chi connectivity index (χ1) is 11.9. The molecule has 1 amide bonds. The molecule has 1 aromatic carbocycles. The molecule has 1 saturated carbocycles. The Labute approximate surface area is 144 Å². The summed E-state index contributed by atoms with van der Waals surface area (Å²) in [6.07, 6.45) is -8.27. The van der Waals surface area contributed by atoms with Crippen molar-refractivity contribution in [3.05, 3.63) is 34.9 Å². The van der Waals surface area contributed by atoms with E-state index in [9.17, 15) is 35.9 Å². The lowest BCUT2D eigenvalue weighted by Crippen LogP contribution is -2.42. The lowest BCUT2D eigenvalue weighted by atomic mass is 10.0. The van der Waals surface area contributed by atoms with Gasteiger partial charge in [0.25, 0.3) is 5.91 Å². The van der Waals surface area contributed by atoms with Crippen molar-refractivity contribution in [2.45, 2.75) is 37.7 Å². The van der Waals surface area contributed by atoms with Crippen LogP contribution in [0.3, 0.4) is 0 Å². The zero-order valence-electron chi connectivity index (χ0n) is 13.5. The third-order valence-electron chi connectivity index (χ3n) is 3.91. The smallest absolute Gasteiger partial charge is 0.416 e. The minimum Gasteiger partial charge on any atom is -0.467 e. The van der Waals surface area contributed by atoms with Crippen LogP contribution >= 0.6 is 0 Å². The number of carbonyl (C=O) groups is 2. The molecule has 1 fully saturated rings. The number of hydrogen-bond acceptors (Lipinski definition) is 3. The summed E-state index contributed by atoms with van der Waals surface area (Å²) >= 11 is 0. The normalized spacial score (nSPS) is 16.1. The number of nitrogens with one attached hydrogen (secondary N) is 1. The summed E-state index contributed by atoms with van der Waals surface area (Å²) in [6, 6.07) is -0.575. The summed E-state index contributed by atoms with van der Waals surface area (Å²) in [6.45, 7) is 0. The Morgan fingerprint density at radius 1 is 1.08 bits per heavy atom. The SMILES string of the molecule is COC(=O)[C@@H](CC1CC1)NC(=O)c1cc(C(F)(F)F)cc(C(F)(F)F)c1. The number of carbonyl (C=O) groups excluding carboxylic acids is 2. The molecule has 26 heavy (non-hydrogen) atoms. The Morgan fingerprint density at radius 2 is 1.58 bits per heavy atom. The Balaban J connectivity index is 2.32. The fraction of sp³-hybridized carbons (Fsp3) is 0.500. The van der Waals surface area contributed by atoms with Gasteiger partial charge in [0, 0.05) is 5.56 Å². The van der Waals surface area contributed by atoms with E-state index < -0.39 is 47.0 Å². The number of ether oxygens (including phenoxy) is 1. The molecule has 2 rings (SSSR count). The second-order valence-electron chi connectivity index (χ2n) is 6.02. The van der Waals surface area contributed by atoms with Crippen LogP contribution in [0, 0.1) is 5.92 Å². The first-order valence-electron chi connectivity index (χ1n) is 7.60. The number of esters is 1. The van der Waals surface area contributed by atoms with Gasteiger partial charge in [0.1, 0.15) is 6.04 Å². The fourth-order valence-corrected chi connectivity index (χ4v) is 2.37. The summed E-state index contributed by atoms with van der Waals surface area (Å²) < 4.78 is 81.6. The first kappa shape index (κ1) is 20.1. The van der Waals surface area contributed by atoms with Crippen molar-refractivity contribution < 1.29 is 40.7 Å². The molecule has 0 bridgehead atoms. The Morgan fingerprint density at radius 3 is 1.96 bits per heavy atom. The number of hydrogen-bond donors (Lipinski definition) is 1. The van der Waals surface area contributed by atoms with Gasteiger partial charge in [-0.3, -0.25) is 4.79 Å². The topological polar surface area (TPSA) is 55.4 Å². The number of halogens is 6. The molecule has 1 aliphatic rings. The van der Waals surface area contributed by atoms with E-state index in [1.165, 1.54) is 0 Å². The van der Waals surface area contributed by atoms with Crippen LogP contribution in [-0.4, -0.2) is 25.0 Å². The summed E-state index contributed by atoms with van der Waals surface area (Å²) in [5.74, 6) is -1.86. The van der Waals surface area contributed by atoms with Gasteiger partial charge in [0.05, 0.1) is 18.2 Å². The fourth-order valence-electron chi connectivity index (χ4n) is 2.37. The molecule has 144 valence electrons. The maximum absolute atomic E-state index is 12.9. The Bertz CT molecular complexity index is 662. The van der Waals surface area contributed by atoms with E-state index in [0.29, 0.717) is 12.1 Å². The van der Waals surface area contributed by atoms with E-state index in [0.717, 1.165) is 20.0 Å². The highest BCUT2D eigenvalue weighted by atomic mass is 19.4. The molecule has 0 radical (unpaired) electrons. The molecule has 4 nitrogen and oxygen atoms in total. The highest BCUT2D eigenvalue weighted by Crippen LogP contribution is 2.37. The van der Waals surface area contributed by atoms with E-state index in [2.05, 4.69) is 10.1 Å². The molecule has 0 heterocycles. The van der Waals surface area contributed by atoms with Crippen LogP contribution in [0.2, 0.25) is 0 Å². The monoisotopic (exact) mass is 383 g/mol.